The lowest BCUT2D eigenvalue weighted by atomic mass is 9.87. The minimum atomic E-state index is 0.199. The van der Waals surface area contributed by atoms with E-state index >= 15 is 0 Å². The van der Waals surface area contributed by atoms with Crippen molar-refractivity contribution in [3.8, 4) is 0 Å². The number of hydrogen-bond donors (Lipinski definition) is 2. The second-order valence-electron chi connectivity index (χ2n) is 6.39. The molecule has 0 fully saturated rings. The van der Waals surface area contributed by atoms with Crippen LogP contribution < -0.4 is 5.32 Å². The van der Waals surface area contributed by atoms with E-state index in [4.69, 9.17) is 0 Å². The molecule has 0 saturated carbocycles. The number of nitrogens with one attached hydrogen (secondary N) is 1. The fraction of sp³-hybridized carbons (Fsp3) is 0.625. The van der Waals surface area contributed by atoms with Gasteiger partial charge in [0.1, 0.15) is 0 Å². The lowest BCUT2D eigenvalue weighted by Crippen LogP contribution is -2.23. The molecule has 0 bridgehead atoms. The number of rotatable bonds is 5. The maximum absolute atomic E-state index is 9.29. The van der Waals surface area contributed by atoms with Crippen molar-refractivity contribution in [1.29, 1.82) is 0 Å². The second kappa shape index (κ2) is 6.24. The summed E-state index contributed by atoms with van der Waals surface area (Å²) in [7, 11) is 0. The number of aliphatic hydroxyl groups is 1. The lowest BCUT2D eigenvalue weighted by molar-refractivity contribution is 0.198. The van der Waals surface area contributed by atoms with Crippen LogP contribution in [0.3, 0.4) is 0 Å². The topological polar surface area (TPSA) is 32.3 Å². The predicted molar refractivity (Wildman–Crippen MR) is 79.0 cm³/mol. The highest BCUT2D eigenvalue weighted by Gasteiger charge is 2.14. The van der Waals surface area contributed by atoms with Crippen LogP contribution >= 0.6 is 0 Å². The first-order valence-electron chi connectivity index (χ1n) is 6.80. The first-order valence-corrected chi connectivity index (χ1v) is 6.80. The highest BCUT2D eigenvalue weighted by atomic mass is 16.3. The van der Waals surface area contributed by atoms with Gasteiger partial charge in [0.25, 0.3) is 0 Å². The van der Waals surface area contributed by atoms with Crippen LogP contribution in [0.1, 0.15) is 40.2 Å². The summed E-state index contributed by atoms with van der Waals surface area (Å²) in [5, 5.41) is 12.7. The summed E-state index contributed by atoms with van der Waals surface area (Å²) in [4.78, 5) is 0. The van der Waals surface area contributed by atoms with E-state index < -0.39 is 0 Å². The smallest absolute Gasteiger partial charge is 0.0478 e. The lowest BCUT2D eigenvalue weighted by Gasteiger charge is -2.21. The molecule has 2 N–H and O–H groups in total. The largest absolute Gasteiger partial charge is 0.396 e. The van der Waals surface area contributed by atoms with Crippen LogP contribution in [0.15, 0.2) is 24.3 Å². The molecule has 2 nitrogen and oxygen atoms in total. The van der Waals surface area contributed by atoms with Crippen molar-refractivity contribution in [1.82, 2.24) is 0 Å². The van der Waals surface area contributed by atoms with Gasteiger partial charge in [-0.2, -0.15) is 0 Å². The minimum Gasteiger partial charge on any atom is -0.396 e. The van der Waals surface area contributed by atoms with Crippen LogP contribution in [0, 0.1) is 11.8 Å². The third-order valence-electron chi connectivity index (χ3n) is 3.50. The van der Waals surface area contributed by atoms with Crippen LogP contribution in [0.25, 0.3) is 0 Å². The van der Waals surface area contributed by atoms with Gasteiger partial charge < -0.3 is 10.4 Å². The Kier molecular flexibility index (Phi) is 5.21. The Morgan fingerprint density at radius 3 is 2.06 bits per heavy atom. The predicted octanol–water partition coefficient (Wildman–Crippen LogP) is 3.66. The molecule has 1 rings (SSSR count). The van der Waals surface area contributed by atoms with Gasteiger partial charge in [0, 0.05) is 24.8 Å². The molecule has 0 aliphatic carbocycles. The van der Waals surface area contributed by atoms with Gasteiger partial charge in [-0.05, 0) is 29.0 Å². The van der Waals surface area contributed by atoms with Gasteiger partial charge >= 0.3 is 0 Å². The van der Waals surface area contributed by atoms with Crippen molar-refractivity contribution in [2.45, 2.75) is 40.0 Å². The molecule has 0 aliphatic rings. The summed E-state index contributed by atoms with van der Waals surface area (Å²) in [5.41, 5.74) is 2.67. The van der Waals surface area contributed by atoms with Crippen molar-refractivity contribution >= 4 is 5.69 Å². The maximum Gasteiger partial charge on any atom is 0.0478 e. The van der Waals surface area contributed by atoms with Crippen molar-refractivity contribution in [3.63, 3.8) is 0 Å². The van der Waals surface area contributed by atoms with Gasteiger partial charge in [0.2, 0.25) is 0 Å². The molecular formula is C16H27NO. The first-order chi connectivity index (χ1) is 8.34. The van der Waals surface area contributed by atoms with Crippen LogP contribution in [-0.4, -0.2) is 18.3 Å². The molecule has 0 aromatic heterocycles. The van der Waals surface area contributed by atoms with Crippen LogP contribution in [0.5, 0.6) is 0 Å². The normalized spacial score (nSPS) is 13.7. The van der Waals surface area contributed by atoms with Gasteiger partial charge in [-0.1, -0.05) is 46.8 Å². The average Bonchev–Trinajstić information content (AvgIpc) is 2.29. The van der Waals surface area contributed by atoms with Gasteiger partial charge in [0.05, 0.1) is 0 Å². The van der Waals surface area contributed by atoms with E-state index in [2.05, 4.69) is 64.2 Å². The molecule has 0 amide bonds. The van der Waals surface area contributed by atoms with Crippen molar-refractivity contribution in [2.75, 3.05) is 18.5 Å². The Bertz CT molecular complexity index is 348. The fourth-order valence-electron chi connectivity index (χ4n) is 1.85. The first kappa shape index (κ1) is 15.0. The molecule has 1 atom stereocenters. The van der Waals surface area contributed by atoms with Crippen LogP contribution in [0.4, 0.5) is 5.69 Å². The molecule has 0 radical (unpaired) electrons. The van der Waals surface area contributed by atoms with Crippen LogP contribution in [0.2, 0.25) is 0 Å². The van der Waals surface area contributed by atoms with Gasteiger partial charge in [-0.3, -0.25) is 0 Å². The number of benzene rings is 1. The number of aliphatic hydroxyl groups excluding tert-OH is 1. The van der Waals surface area contributed by atoms with E-state index in [9.17, 15) is 5.11 Å². The molecule has 1 unspecified atom stereocenters. The molecular weight excluding hydrogens is 222 g/mol. The van der Waals surface area contributed by atoms with E-state index in [-0.39, 0.29) is 12.0 Å². The summed E-state index contributed by atoms with van der Waals surface area (Å²) in [6.45, 7) is 12.0. The molecule has 0 saturated heterocycles. The highest BCUT2D eigenvalue weighted by Crippen LogP contribution is 2.23. The molecule has 2 heteroatoms. The van der Waals surface area contributed by atoms with E-state index in [0.29, 0.717) is 11.8 Å². The Morgan fingerprint density at radius 2 is 1.67 bits per heavy atom. The third kappa shape index (κ3) is 4.34. The van der Waals surface area contributed by atoms with Crippen molar-refractivity contribution in [3.05, 3.63) is 29.8 Å². The number of anilines is 1. The zero-order valence-electron chi connectivity index (χ0n) is 12.3. The Morgan fingerprint density at radius 1 is 1.11 bits per heavy atom. The summed E-state index contributed by atoms with van der Waals surface area (Å²) in [5.74, 6) is 0.809. The Hall–Kier alpha value is -1.02. The second-order valence-corrected chi connectivity index (χ2v) is 6.39. The van der Waals surface area contributed by atoms with Crippen molar-refractivity contribution < 1.29 is 5.11 Å². The highest BCUT2D eigenvalue weighted by molar-refractivity contribution is 5.45. The van der Waals surface area contributed by atoms with Gasteiger partial charge in [-0.25, -0.2) is 0 Å². The monoisotopic (exact) mass is 249 g/mol. The molecule has 102 valence electrons. The van der Waals surface area contributed by atoms with Gasteiger partial charge in [0.15, 0.2) is 0 Å². The zero-order chi connectivity index (χ0) is 13.8. The Balaban J connectivity index is 2.59. The zero-order valence-corrected chi connectivity index (χ0v) is 12.3. The number of hydrogen-bond acceptors (Lipinski definition) is 2. The van der Waals surface area contributed by atoms with E-state index in [1.165, 1.54) is 5.56 Å². The molecule has 1 aromatic rings. The summed E-state index contributed by atoms with van der Waals surface area (Å²) in [6.07, 6.45) is 0. The summed E-state index contributed by atoms with van der Waals surface area (Å²) in [6, 6.07) is 8.59. The average molecular weight is 249 g/mol. The molecule has 18 heavy (non-hydrogen) atoms. The standard InChI is InChI=1S/C16H27NO/c1-12(2)13(11-18)10-17-15-8-6-14(7-9-15)16(3,4)5/h6-9,12-13,17-18H,10-11H2,1-5H3. The maximum atomic E-state index is 9.29. The van der Waals surface area contributed by atoms with Crippen LogP contribution in [-0.2, 0) is 5.41 Å². The molecule has 0 spiro atoms. The SMILES string of the molecule is CC(C)C(CO)CNc1ccc(C(C)(C)C)cc1. The quantitative estimate of drug-likeness (QED) is 0.834. The minimum absolute atomic E-state index is 0.199. The van der Waals surface area contributed by atoms with E-state index in [1.54, 1.807) is 0 Å². The summed E-state index contributed by atoms with van der Waals surface area (Å²) < 4.78 is 0. The third-order valence-corrected chi connectivity index (χ3v) is 3.50. The fourth-order valence-corrected chi connectivity index (χ4v) is 1.85. The van der Waals surface area contributed by atoms with E-state index in [0.717, 1.165) is 12.2 Å². The van der Waals surface area contributed by atoms with E-state index in [1.807, 2.05) is 0 Å². The molecule has 0 aliphatic heterocycles. The van der Waals surface area contributed by atoms with Crippen molar-refractivity contribution in [2.24, 2.45) is 11.8 Å². The van der Waals surface area contributed by atoms with Gasteiger partial charge in [-0.15, -0.1) is 0 Å². The summed E-state index contributed by atoms with van der Waals surface area (Å²) >= 11 is 0. The molecule has 0 heterocycles. The molecule has 1 aromatic carbocycles. The Labute approximate surface area is 111 Å².